The minimum atomic E-state index is -0.134. The number of methoxy groups -OCH3 is 1. The number of carbonyl (C=O) groups excluding carboxylic acids is 1. The Morgan fingerprint density at radius 2 is 1.96 bits per heavy atom. The average Bonchev–Trinajstić information content (AvgIpc) is 2.70. The first-order chi connectivity index (χ1) is 12.7. The molecule has 1 amide bonds. The van der Waals surface area contributed by atoms with E-state index in [1.807, 2.05) is 0 Å². The van der Waals surface area contributed by atoms with Gasteiger partial charge >= 0.3 is 0 Å². The molecule has 138 valence electrons. The van der Waals surface area contributed by atoms with Gasteiger partial charge in [-0.05, 0) is 18.6 Å². The molecule has 1 saturated heterocycles. The molecule has 0 spiro atoms. The van der Waals surface area contributed by atoms with Crippen molar-refractivity contribution in [2.24, 2.45) is 0 Å². The van der Waals surface area contributed by atoms with Crippen LogP contribution in [0.2, 0.25) is 0 Å². The molecular weight excluding hydrogens is 330 g/mol. The van der Waals surface area contributed by atoms with Crippen molar-refractivity contribution in [3.63, 3.8) is 0 Å². The van der Waals surface area contributed by atoms with Crippen molar-refractivity contribution in [1.29, 1.82) is 0 Å². The third-order valence-electron chi connectivity index (χ3n) is 4.61. The number of rotatable bonds is 6. The molecule has 1 N–H and O–H groups in total. The van der Waals surface area contributed by atoms with E-state index >= 15 is 0 Å². The summed E-state index contributed by atoms with van der Waals surface area (Å²) >= 11 is 0. The fourth-order valence-corrected chi connectivity index (χ4v) is 3.06. The Labute approximate surface area is 154 Å². The normalized spacial score (nSPS) is 16.1. The van der Waals surface area contributed by atoms with Crippen molar-refractivity contribution < 1.29 is 14.3 Å². The van der Waals surface area contributed by atoms with Crippen LogP contribution in [0.4, 0.5) is 0 Å². The lowest BCUT2D eigenvalue weighted by Gasteiger charge is -2.35. The van der Waals surface area contributed by atoms with Gasteiger partial charge in [0.15, 0.2) is 0 Å². The Kier molecular flexibility index (Phi) is 6.20. The maximum Gasteiger partial charge on any atom is 0.252 e. The highest BCUT2D eigenvalue weighted by molar-refractivity contribution is 5.93. The van der Waals surface area contributed by atoms with Gasteiger partial charge < -0.3 is 14.8 Å². The summed E-state index contributed by atoms with van der Waals surface area (Å²) in [4.78, 5) is 18.9. The summed E-state index contributed by atoms with van der Waals surface area (Å²) in [5.41, 5.74) is 2.95. The van der Waals surface area contributed by atoms with Crippen molar-refractivity contribution in [2.75, 3.05) is 40.0 Å². The van der Waals surface area contributed by atoms with Gasteiger partial charge in [-0.3, -0.25) is 9.69 Å². The van der Waals surface area contributed by atoms with E-state index in [2.05, 4.69) is 46.4 Å². The summed E-state index contributed by atoms with van der Waals surface area (Å²) in [5, 5.41) is 3.04. The number of morpholine rings is 1. The van der Waals surface area contributed by atoms with Crippen LogP contribution in [0.15, 0.2) is 42.6 Å². The topological polar surface area (TPSA) is 63.7 Å². The molecule has 2 aromatic rings. The molecule has 3 rings (SSSR count). The first-order valence-corrected chi connectivity index (χ1v) is 8.84. The van der Waals surface area contributed by atoms with Crippen LogP contribution in [0, 0.1) is 6.92 Å². The molecule has 6 nitrogen and oxygen atoms in total. The predicted octanol–water partition coefficient (Wildman–Crippen LogP) is 2.20. The van der Waals surface area contributed by atoms with E-state index in [0.29, 0.717) is 18.0 Å². The van der Waals surface area contributed by atoms with Crippen LogP contribution in [0.1, 0.15) is 27.5 Å². The standard InChI is InChI=1S/C20H25N3O3/c1-15-3-5-16(6-4-15)18(23-9-11-26-12-10-23)14-22-20(24)17-7-8-19(25-2)21-13-17/h3-8,13,18H,9-12,14H2,1-2H3,(H,22,24)/t18-/m0/s1. The molecule has 2 heterocycles. The van der Waals surface area contributed by atoms with E-state index in [-0.39, 0.29) is 11.9 Å². The molecule has 1 aromatic carbocycles. The Balaban J connectivity index is 1.70. The fraction of sp³-hybridized carbons (Fsp3) is 0.400. The second kappa shape index (κ2) is 8.78. The quantitative estimate of drug-likeness (QED) is 0.861. The summed E-state index contributed by atoms with van der Waals surface area (Å²) in [6.07, 6.45) is 1.53. The highest BCUT2D eigenvalue weighted by atomic mass is 16.5. The monoisotopic (exact) mass is 355 g/mol. The molecule has 1 aliphatic rings. The van der Waals surface area contributed by atoms with Gasteiger partial charge in [-0.25, -0.2) is 4.98 Å². The third-order valence-corrected chi connectivity index (χ3v) is 4.61. The van der Waals surface area contributed by atoms with Crippen molar-refractivity contribution in [3.05, 3.63) is 59.3 Å². The lowest BCUT2D eigenvalue weighted by Crippen LogP contribution is -2.43. The average molecular weight is 355 g/mol. The fourth-order valence-electron chi connectivity index (χ4n) is 3.06. The SMILES string of the molecule is COc1ccc(C(=O)NC[C@@H](c2ccc(C)cc2)N2CCOCC2)cn1. The molecule has 0 radical (unpaired) electrons. The molecule has 1 aliphatic heterocycles. The highest BCUT2D eigenvalue weighted by Gasteiger charge is 2.23. The smallest absolute Gasteiger partial charge is 0.252 e. The van der Waals surface area contributed by atoms with Crippen LogP contribution in [0.3, 0.4) is 0 Å². The number of nitrogens with zero attached hydrogens (tertiary/aromatic N) is 2. The number of ether oxygens (including phenoxy) is 2. The molecule has 0 unspecified atom stereocenters. The number of amides is 1. The molecular formula is C20H25N3O3. The molecule has 0 aliphatic carbocycles. The van der Waals surface area contributed by atoms with Gasteiger partial charge in [-0.2, -0.15) is 0 Å². The lowest BCUT2D eigenvalue weighted by atomic mass is 10.0. The minimum absolute atomic E-state index is 0.120. The Morgan fingerprint density at radius 1 is 1.23 bits per heavy atom. The van der Waals surface area contributed by atoms with Crippen LogP contribution in [0.25, 0.3) is 0 Å². The summed E-state index contributed by atoms with van der Waals surface area (Å²) in [7, 11) is 1.55. The summed E-state index contributed by atoms with van der Waals surface area (Å²) in [5.74, 6) is 0.359. The molecule has 6 heteroatoms. The third kappa shape index (κ3) is 4.59. The van der Waals surface area contributed by atoms with E-state index in [9.17, 15) is 4.79 Å². The molecule has 1 aromatic heterocycles. The molecule has 0 saturated carbocycles. The minimum Gasteiger partial charge on any atom is -0.481 e. The van der Waals surface area contributed by atoms with E-state index in [0.717, 1.165) is 26.3 Å². The first kappa shape index (κ1) is 18.4. The second-order valence-electron chi connectivity index (χ2n) is 6.37. The molecule has 0 bridgehead atoms. The van der Waals surface area contributed by atoms with Gasteiger partial charge in [-0.1, -0.05) is 29.8 Å². The zero-order chi connectivity index (χ0) is 18.4. The molecule has 1 atom stereocenters. The van der Waals surface area contributed by atoms with Crippen molar-refractivity contribution in [3.8, 4) is 5.88 Å². The van der Waals surface area contributed by atoms with E-state index < -0.39 is 0 Å². The van der Waals surface area contributed by atoms with Gasteiger partial charge in [-0.15, -0.1) is 0 Å². The zero-order valence-electron chi connectivity index (χ0n) is 15.3. The van der Waals surface area contributed by atoms with Gasteiger partial charge in [0.1, 0.15) is 0 Å². The number of aromatic nitrogens is 1. The van der Waals surface area contributed by atoms with Crippen LogP contribution >= 0.6 is 0 Å². The number of hydrogen-bond acceptors (Lipinski definition) is 5. The van der Waals surface area contributed by atoms with Gasteiger partial charge in [0, 0.05) is 31.9 Å². The Morgan fingerprint density at radius 3 is 2.58 bits per heavy atom. The van der Waals surface area contributed by atoms with Crippen molar-refractivity contribution in [1.82, 2.24) is 15.2 Å². The first-order valence-electron chi connectivity index (χ1n) is 8.84. The Hall–Kier alpha value is -2.44. The summed E-state index contributed by atoms with van der Waals surface area (Å²) in [6, 6.07) is 12.0. The number of aryl methyl sites for hydroxylation is 1. The van der Waals surface area contributed by atoms with Gasteiger partial charge in [0.25, 0.3) is 5.91 Å². The van der Waals surface area contributed by atoms with Gasteiger partial charge in [0.05, 0.1) is 31.9 Å². The van der Waals surface area contributed by atoms with Crippen LogP contribution in [0.5, 0.6) is 5.88 Å². The van der Waals surface area contributed by atoms with Crippen LogP contribution in [-0.2, 0) is 4.74 Å². The van der Waals surface area contributed by atoms with E-state index in [4.69, 9.17) is 9.47 Å². The predicted molar refractivity (Wildman–Crippen MR) is 99.4 cm³/mol. The lowest BCUT2D eigenvalue weighted by molar-refractivity contribution is 0.0162. The number of pyridine rings is 1. The summed E-state index contributed by atoms with van der Waals surface area (Å²) in [6.45, 7) is 5.77. The molecule has 26 heavy (non-hydrogen) atoms. The number of hydrogen-bond donors (Lipinski definition) is 1. The highest BCUT2D eigenvalue weighted by Crippen LogP contribution is 2.22. The largest absolute Gasteiger partial charge is 0.481 e. The van der Waals surface area contributed by atoms with Gasteiger partial charge in [0.2, 0.25) is 5.88 Å². The summed E-state index contributed by atoms with van der Waals surface area (Å²) < 4.78 is 10.5. The van der Waals surface area contributed by atoms with Crippen molar-refractivity contribution in [2.45, 2.75) is 13.0 Å². The maximum atomic E-state index is 12.5. The zero-order valence-corrected chi connectivity index (χ0v) is 15.3. The van der Waals surface area contributed by atoms with E-state index in [1.54, 1.807) is 19.2 Å². The number of carbonyl (C=O) groups is 1. The maximum absolute atomic E-state index is 12.5. The number of benzene rings is 1. The van der Waals surface area contributed by atoms with Crippen molar-refractivity contribution >= 4 is 5.91 Å². The van der Waals surface area contributed by atoms with Crippen LogP contribution in [-0.4, -0.2) is 55.7 Å². The van der Waals surface area contributed by atoms with Crippen LogP contribution < -0.4 is 10.1 Å². The second-order valence-corrected chi connectivity index (χ2v) is 6.37. The number of nitrogens with one attached hydrogen (secondary N) is 1. The Bertz CT molecular complexity index is 710. The van der Waals surface area contributed by atoms with E-state index in [1.165, 1.54) is 17.3 Å². The molecule has 1 fully saturated rings.